The summed E-state index contributed by atoms with van der Waals surface area (Å²) in [6.07, 6.45) is -2.39. The van der Waals surface area contributed by atoms with Crippen molar-refractivity contribution < 1.29 is 13.2 Å². The van der Waals surface area contributed by atoms with Crippen LogP contribution in [0.4, 0.5) is 13.2 Å². The zero-order valence-corrected chi connectivity index (χ0v) is 15.2. The first kappa shape index (κ1) is 19.1. The van der Waals surface area contributed by atoms with E-state index < -0.39 is 12.1 Å². The Bertz CT molecular complexity index is 538. The van der Waals surface area contributed by atoms with Crippen LogP contribution in [0.5, 0.6) is 0 Å². The third-order valence-corrected chi connectivity index (χ3v) is 5.82. The summed E-state index contributed by atoms with van der Waals surface area (Å²) in [7, 11) is 1.65. The van der Waals surface area contributed by atoms with Crippen LogP contribution in [0.3, 0.4) is 0 Å². The largest absolute Gasteiger partial charge is 0.391 e. The van der Waals surface area contributed by atoms with Gasteiger partial charge in [0.1, 0.15) is 0 Å². The summed E-state index contributed by atoms with van der Waals surface area (Å²) in [5.74, 6) is -0.628. The van der Waals surface area contributed by atoms with Gasteiger partial charge >= 0.3 is 6.18 Å². The smallest absolute Gasteiger partial charge is 0.356 e. The van der Waals surface area contributed by atoms with Crippen molar-refractivity contribution in [3.05, 3.63) is 22.4 Å². The minimum atomic E-state index is -4.10. The summed E-state index contributed by atoms with van der Waals surface area (Å²) in [5.41, 5.74) is -0.0626. The molecule has 1 heterocycles. The van der Waals surface area contributed by atoms with Crippen molar-refractivity contribution in [2.45, 2.75) is 57.2 Å². The van der Waals surface area contributed by atoms with E-state index in [2.05, 4.69) is 35.5 Å². The van der Waals surface area contributed by atoms with Gasteiger partial charge in [0.15, 0.2) is 5.96 Å². The zero-order valence-electron chi connectivity index (χ0n) is 14.4. The number of halogens is 3. The molecule has 3 nitrogen and oxygen atoms in total. The van der Waals surface area contributed by atoms with E-state index in [1.165, 1.54) is 4.88 Å². The van der Waals surface area contributed by atoms with Crippen LogP contribution in [0.15, 0.2) is 22.5 Å². The lowest BCUT2D eigenvalue weighted by Crippen LogP contribution is -2.49. The SMILES string of the molecule is CN=C(NCC(C)(C)c1cccs1)NC1CCCC(C(F)(F)F)C1. The Kier molecular flexibility index (Phi) is 6.17. The fourth-order valence-electron chi connectivity index (χ4n) is 3.06. The minimum Gasteiger partial charge on any atom is -0.356 e. The van der Waals surface area contributed by atoms with E-state index in [9.17, 15) is 13.2 Å². The van der Waals surface area contributed by atoms with Crippen molar-refractivity contribution in [1.29, 1.82) is 0 Å². The lowest BCUT2D eigenvalue weighted by atomic mass is 9.85. The fourth-order valence-corrected chi connectivity index (χ4v) is 3.91. The quantitative estimate of drug-likeness (QED) is 0.619. The van der Waals surface area contributed by atoms with Crippen LogP contribution in [-0.2, 0) is 5.41 Å². The van der Waals surface area contributed by atoms with Crippen LogP contribution in [0, 0.1) is 5.92 Å². The van der Waals surface area contributed by atoms with E-state index in [0.29, 0.717) is 18.9 Å². The standard InChI is InChI=1S/C17H26F3N3S/c1-16(2,14-8-5-9-24-14)11-22-15(21-3)23-13-7-4-6-12(10-13)17(18,19)20/h5,8-9,12-13H,4,6-7,10-11H2,1-3H3,(H2,21,22,23). The number of rotatable bonds is 4. The van der Waals surface area contributed by atoms with E-state index in [4.69, 9.17) is 0 Å². The first-order valence-electron chi connectivity index (χ1n) is 8.30. The predicted molar refractivity (Wildman–Crippen MR) is 93.6 cm³/mol. The van der Waals surface area contributed by atoms with Crippen molar-refractivity contribution in [3.63, 3.8) is 0 Å². The lowest BCUT2D eigenvalue weighted by Gasteiger charge is -2.32. The number of thiophene rings is 1. The highest BCUT2D eigenvalue weighted by atomic mass is 32.1. The molecule has 0 amide bonds. The maximum atomic E-state index is 12.9. The van der Waals surface area contributed by atoms with Gasteiger partial charge in [0.05, 0.1) is 5.92 Å². The Morgan fingerprint density at radius 3 is 2.67 bits per heavy atom. The maximum Gasteiger partial charge on any atom is 0.391 e. The average Bonchev–Trinajstić information content (AvgIpc) is 3.06. The highest BCUT2D eigenvalue weighted by molar-refractivity contribution is 7.10. The van der Waals surface area contributed by atoms with Gasteiger partial charge in [0.25, 0.3) is 0 Å². The number of aliphatic imine (C=N–C) groups is 1. The van der Waals surface area contributed by atoms with Crippen LogP contribution < -0.4 is 10.6 Å². The third kappa shape index (κ3) is 5.13. The molecule has 2 atom stereocenters. The van der Waals surface area contributed by atoms with Crippen molar-refractivity contribution in [2.24, 2.45) is 10.9 Å². The van der Waals surface area contributed by atoms with Crippen molar-refractivity contribution >= 4 is 17.3 Å². The molecule has 0 aromatic carbocycles. The first-order valence-corrected chi connectivity index (χ1v) is 9.18. The van der Waals surface area contributed by atoms with Crippen molar-refractivity contribution in [2.75, 3.05) is 13.6 Å². The molecule has 136 valence electrons. The van der Waals surface area contributed by atoms with Crippen molar-refractivity contribution in [1.82, 2.24) is 10.6 Å². The highest BCUT2D eigenvalue weighted by Gasteiger charge is 2.42. The number of guanidine groups is 1. The van der Waals surface area contributed by atoms with Gasteiger partial charge in [-0.3, -0.25) is 4.99 Å². The molecule has 2 unspecified atom stereocenters. The molecule has 24 heavy (non-hydrogen) atoms. The molecule has 0 spiro atoms. The van der Waals surface area contributed by atoms with E-state index in [1.54, 1.807) is 18.4 Å². The number of alkyl halides is 3. The van der Waals surface area contributed by atoms with E-state index in [0.717, 1.165) is 6.42 Å². The average molecular weight is 361 g/mol. The number of hydrogen-bond donors (Lipinski definition) is 2. The molecule has 1 aromatic heterocycles. The van der Waals surface area contributed by atoms with Crippen LogP contribution in [0.2, 0.25) is 0 Å². The van der Waals surface area contributed by atoms with Gasteiger partial charge in [0.2, 0.25) is 0 Å². The predicted octanol–water partition coefficient (Wildman–Crippen LogP) is 4.31. The summed E-state index contributed by atoms with van der Waals surface area (Å²) in [4.78, 5) is 5.43. The molecule has 0 bridgehead atoms. The van der Waals surface area contributed by atoms with Crippen LogP contribution in [0.25, 0.3) is 0 Å². The summed E-state index contributed by atoms with van der Waals surface area (Å²) >= 11 is 1.70. The maximum absolute atomic E-state index is 12.9. The number of nitrogens with one attached hydrogen (secondary N) is 2. The van der Waals surface area contributed by atoms with Crippen molar-refractivity contribution in [3.8, 4) is 0 Å². The topological polar surface area (TPSA) is 36.4 Å². The second kappa shape index (κ2) is 7.76. The number of nitrogens with zero attached hydrogens (tertiary/aromatic N) is 1. The van der Waals surface area contributed by atoms with Gasteiger partial charge < -0.3 is 10.6 Å². The second-order valence-corrected chi connectivity index (χ2v) is 7.98. The molecule has 2 N–H and O–H groups in total. The Balaban J connectivity index is 1.88. The molecule has 2 rings (SSSR count). The molecule has 7 heteroatoms. The first-order chi connectivity index (χ1) is 11.2. The minimum absolute atomic E-state index is 0.0626. The molecule has 0 radical (unpaired) electrons. The van der Waals surface area contributed by atoms with Gasteiger partial charge in [-0.05, 0) is 30.7 Å². The van der Waals surface area contributed by atoms with Gasteiger partial charge in [0, 0.05) is 29.9 Å². The molecular formula is C17H26F3N3S. The molecule has 1 fully saturated rings. The Morgan fingerprint density at radius 2 is 2.08 bits per heavy atom. The Morgan fingerprint density at radius 1 is 1.33 bits per heavy atom. The fraction of sp³-hybridized carbons (Fsp3) is 0.706. The lowest BCUT2D eigenvalue weighted by molar-refractivity contribution is -0.183. The molecule has 0 aliphatic heterocycles. The van der Waals surface area contributed by atoms with E-state index in [-0.39, 0.29) is 24.3 Å². The summed E-state index contributed by atoms with van der Waals surface area (Å²) in [6.45, 7) is 4.95. The van der Waals surface area contributed by atoms with Crippen LogP contribution in [-0.4, -0.2) is 31.8 Å². The molecule has 0 saturated heterocycles. The van der Waals surface area contributed by atoms with Gasteiger partial charge in [-0.1, -0.05) is 26.3 Å². The Labute approximate surface area is 145 Å². The summed E-state index contributed by atoms with van der Waals surface area (Å²) in [5, 5.41) is 8.48. The molecule has 1 aliphatic carbocycles. The van der Waals surface area contributed by atoms with E-state index in [1.807, 2.05) is 11.4 Å². The van der Waals surface area contributed by atoms with E-state index >= 15 is 0 Å². The molecule has 1 aromatic rings. The number of hydrogen-bond acceptors (Lipinski definition) is 2. The molecular weight excluding hydrogens is 335 g/mol. The zero-order chi connectivity index (χ0) is 17.8. The van der Waals surface area contributed by atoms with Crippen LogP contribution in [0.1, 0.15) is 44.4 Å². The normalized spacial score (nSPS) is 23.2. The molecule has 1 saturated carbocycles. The van der Waals surface area contributed by atoms with Gasteiger partial charge in [-0.25, -0.2) is 0 Å². The highest BCUT2D eigenvalue weighted by Crippen LogP contribution is 2.37. The van der Waals surface area contributed by atoms with Crippen LogP contribution >= 0.6 is 11.3 Å². The summed E-state index contributed by atoms with van der Waals surface area (Å²) in [6, 6.07) is 3.94. The van der Waals surface area contributed by atoms with Gasteiger partial charge in [-0.15, -0.1) is 11.3 Å². The third-order valence-electron chi connectivity index (χ3n) is 4.59. The Hall–Kier alpha value is -1.24. The summed E-state index contributed by atoms with van der Waals surface area (Å²) < 4.78 is 38.8. The molecule has 1 aliphatic rings. The monoisotopic (exact) mass is 361 g/mol. The van der Waals surface area contributed by atoms with Gasteiger partial charge in [-0.2, -0.15) is 13.2 Å². The second-order valence-electron chi connectivity index (χ2n) is 7.03.